The van der Waals surface area contributed by atoms with Gasteiger partial charge in [-0.05, 0) is 41.3 Å². The van der Waals surface area contributed by atoms with E-state index in [1.165, 1.54) is 6.42 Å². The molecule has 0 aliphatic heterocycles. The summed E-state index contributed by atoms with van der Waals surface area (Å²) in [6, 6.07) is 0.611. The number of nitrogens with one attached hydrogen (secondary N) is 1. The normalized spacial score (nSPS) is 13.5. The first-order valence-corrected chi connectivity index (χ1v) is 5.77. The van der Waals surface area contributed by atoms with Crippen molar-refractivity contribution < 1.29 is 0 Å². The summed E-state index contributed by atoms with van der Waals surface area (Å²) in [5, 5.41) is 3.60. The highest BCUT2D eigenvalue weighted by Crippen LogP contribution is 2.04. The molecule has 0 rings (SSSR count). The van der Waals surface area contributed by atoms with E-state index in [9.17, 15) is 0 Å². The molecule has 0 amide bonds. The highest BCUT2D eigenvalue weighted by Gasteiger charge is 2.15. The molecule has 0 heterocycles. The molecule has 0 aliphatic rings. The largest absolute Gasteiger partial charge is 0.308 e. The molecule has 1 N–H and O–H groups in total. The number of hydrogen-bond donors (Lipinski definition) is 1. The summed E-state index contributed by atoms with van der Waals surface area (Å²) in [6.45, 7) is 14.0. The lowest BCUT2D eigenvalue weighted by atomic mass is 10.1. The number of hydrogen-bond acceptors (Lipinski definition) is 2. The van der Waals surface area contributed by atoms with Crippen LogP contribution in [0, 0.1) is 0 Å². The van der Waals surface area contributed by atoms with Crippen LogP contribution in [0.15, 0.2) is 0 Å². The third kappa shape index (κ3) is 11.9. The molecular weight excluding hydrogens is 172 g/mol. The molecule has 14 heavy (non-hydrogen) atoms. The van der Waals surface area contributed by atoms with Gasteiger partial charge in [0.15, 0.2) is 0 Å². The summed E-state index contributed by atoms with van der Waals surface area (Å²) < 4.78 is 0. The van der Waals surface area contributed by atoms with Gasteiger partial charge in [-0.15, -0.1) is 0 Å². The molecule has 0 fully saturated rings. The molecule has 88 valence electrons. The Kier molecular flexibility index (Phi) is 9.63. The van der Waals surface area contributed by atoms with Gasteiger partial charge in [0.1, 0.15) is 0 Å². The van der Waals surface area contributed by atoms with Crippen LogP contribution >= 0.6 is 0 Å². The molecule has 0 aromatic carbocycles. The first-order chi connectivity index (χ1) is 6.35. The first-order valence-electron chi connectivity index (χ1n) is 5.77. The second-order valence-electron chi connectivity index (χ2n) is 4.76. The molecule has 2 heteroatoms. The Morgan fingerprint density at radius 2 is 1.57 bits per heavy atom. The molecule has 0 aromatic rings. The zero-order valence-corrected chi connectivity index (χ0v) is 11.4. The van der Waals surface area contributed by atoms with Crippen LogP contribution in [0.2, 0.25) is 0 Å². The predicted molar refractivity (Wildman–Crippen MR) is 66.9 cm³/mol. The van der Waals surface area contributed by atoms with Crippen LogP contribution in [0.1, 0.15) is 48.0 Å². The lowest BCUT2D eigenvalue weighted by molar-refractivity contribution is 0.281. The lowest BCUT2D eigenvalue weighted by Gasteiger charge is -2.29. The maximum Gasteiger partial charge on any atom is 0.0196 e. The number of likely N-dealkylation sites (N-methyl/N-ethyl adjacent to an activating group) is 1. The molecule has 1 atom stereocenters. The van der Waals surface area contributed by atoms with Crippen LogP contribution in [0.3, 0.4) is 0 Å². The Hall–Kier alpha value is -0.0800. The van der Waals surface area contributed by atoms with E-state index in [-0.39, 0.29) is 5.54 Å². The fourth-order valence-electron chi connectivity index (χ4n) is 1.33. The van der Waals surface area contributed by atoms with Crippen molar-refractivity contribution in [2.24, 2.45) is 0 Å². The van der Waals surface area contributed by atoms with Gasteiger partial charge in [0.25, 0.3) is 0 Å². The Morgan fingerprint density at radius 3 is 1.79 bits per heavy atom. The minimum absolute atomic E-state index is 0.233. The second-order valence-corrected chi connectivity index (χ2v) is 4.76. The second kappa shape index (κ2) is 8.25. The van der Waals surface area contributed by atoms with E-state index in [1.54, 1.807) is 0 Å². The summed E-state index contributed by atoms with van der Waals surface area (Å²) in [6.07, 6.45) is 1.19. The van der Waals surface area contributed by atoms with Gasteiger partial charge < -0.3 is 10.2 Å². The fraction of sp³-hybridized carbons (Fsp3) is 1.00. The van der Waals surface area contributed by atoms with Gasteiger partial charge in [0, 0.05) is 18.1 Å². The van der Waals surface area contributed by atoms with Crippen LogP contribution < -0.4 is 5.32 Å². The van der Waals surface area contributed by atoms with Crippen molar-refractivity contribution in [3.8, 4) is 0 Å². The number of nitrogens with zero attached hydrogens (tertiary/aromatic N) is 1. The van der Waals surface area contributed by atoms with E-state index >= 15 is 0 Å². The van der Waals surface area contributed by atoms with Gasteiger partial charge in [-0.25, -0.2) is 0 Å². The van der Waals surface area contributed by atoms with Crippen molar-refractivity contribution in [1.29, 1.82) is 0 Å². The van der Waals surface area contributed by atoms with E-state index in [0.717, 1.165) is 6.54 Å². The highest BCUT2D eigenvalue weighted by atomic mass is 15.1. The topological polar surface area (TPSA) is 15.3 Å². The molecule has 0 radical (unpaired) electrons. The van der Waals surface area contributed by atoms with E-state index in [2.05, 4.69) is 52.0 Å². The average Bonchev–Trinajstić information content (AvgIpc) is 2.03. The standard InChI is InChI=1S/C10H24N2.C2H6/c1-7-9(8-12(5)6)11-10(2,3)4;1-2/h9,11H,7-8H2,1-6H3;1-2H3. The quantitative estimate of drug-likeness (QED) is 0.754. The molecule has 0 saturated heterocycles. The van der Waals surface area contributed by atoms with Crippen molar-refractivity contribution in [1.82, 2.24) is 10.2 Å². The summed E-state index contributed by atoms with van der Waals surface area (Å²) in [7, 11) is 4.24. The van der Waals surface area contributed by atoms with Crippen molar-refractivity contribution in [2.75, 3.05) is 20.6 Å². The van der Waals surface area contributed by atoms with Crippen LogP contribution in [0.25, 0.3) is 0 Å². The average molecular weight is 202 g/mol. The van der Waals surface area contributed by atoms with Crippen molar-refractivity contribution >= 4 is 0 Å². The Morgan fingerprint density at radius 1 is 1.14 bits per heavy atom. The van der Waals surface area contributed by atoms with Gasteiger partial charge in [-0.3, -0.25) is 0 Å². The van der Waals surface area contributed by atoms with Crippen LogP contribution in [-0.2, 0) is 0 Å². The lowest BCUT2D eigenvalue weighted by Crippen LogP contribution is -2.47. The van der Waals surface area contributed by atoms with Crippen molar-refractivity contribution in [3.05, 3.63) is 0 Å². The molecule has 0 bridgehead atoms. The third-order valence-electron chi connectivity index (χ3n) is 1.72. The molecule has 0 spiro atoms. The highest BCUT2D eigenvalue weighted by molar-refractivity contribution is 4.78. The zero-order chi connectivity index (χ0) is 11.8. The first kappa shape index (κ1) is 16.4. The predicted octanol–water partition coefficient (Wildman–Crippen LogP) is 2.74. The van der Waals surface area contributed by atoms with Gasteiger partial charge >= 0.3 is 0 Å². The molecular formula is C12H30N2. The fourth-order valence-corrected chi connectivity index (χ4v) is 1.33. The number of rotatable bonds is 4. The van der Waals surface area contributed by atoms with Crippen LogP contribution in [0.4, 0.5) is 0 Å². The van der Waals surface area contributed by atoms with E-state index in [4.69, 9.17) is 0 Å². The van der Waals surface area contributed by atoms with Gasteiger partial charge in [0.05, 0.1) is 0 Å². The van der Waals surface area contributed by atoms with Crippen molar-refractivity contribution in [2.45, 2.75) is 59.5 Å². The molecule has 1 unspecified atom stereocenters. The Bertz CT molecular complexity index is 114. The maximum absolute atomic E-state index is 3.60. The summed E-state index contributed by atoms with van der Waals surface area (Å²) in [5.74, 6) is 0. The molecule has 0 aromatic heterocycles. The minimum Gasteiger partial charge on any atom is -0.308 e. The summed E-state index contributed by atoms with van der Waals surface area (Å²) >= 11 is 0. The minimum atomic E-state index is 0.233. The van der Waals surface area contributed by atoms with Gasteiger partial charge in [0.2, 0.25) is 0 Å². The van der Waals surface area contributed by atoms with Gasteiger partial charge in [-0.1, -0.05) is 20.8 Å². The molecule has 2 nitrogen and oxygen atoms in total. The summed E-state index contributed by atoms with van der Waals surface area (Å²) in [4.78, 5) is 2.23. The third-order valence-corrected chi connectivity index (χ3v) is 1.72. The maximum atomic E-state index is 3.60. The Labute approximate surface area is 91.1 Å². The SMILES string of the molecule is CC.CCC(CN(C)C)NC(C)(C)C. The van der Waals surface area contributed by atoms with E-state index < -0.39 is 0 Å². The van der Waals surface area contributed by atoms with Crippen LogP contribution in [-0.4, -0.2) is 37.1 Å². The van der Waals surface area contributed by atoms with Gasteiger partial charge in [-0.2, -0.15) is 0 Å². The van der Waals surface area contributed by atoms with Crippen molar-refractivity contribution in [3.63, 3.8) is 0 Å². The summed E-state index contributed by atoms with van der Waals surface area (Å²) in [5.41, 5.74) is 0.233. The molecule has 0 saturated carbocycles. The molecule has 0 aliphatic carbocycles. The zero-order valence-electron chi connectivity index (χ0n) is 11.4. The monoisotopic (exact) mass is 202 g/mol. The smallest absolute Gasteiger partial charge is 0.0196 e. The van der Waals surface area contributed by atoms with E-state index in [0.29, 0.717) is 6.04 Å². The van der Waals surface area contributed by atoms with E-state index in [1.807, 2.05) is 13.8 Å². The van der Waals surface area contributed by atoms with Crippen LogP contribution in [0.5, 0.6) is 0 Å². The Balaban J connectivity index is 0.